The van der Waals surface area contributed by atoms with Gasteiger partial charge in [-0.05, 0) is 22.6 Å². The van der Waals surface area contributed by atoms with Crippen LogP contribution in [0.25, 0.3) is 0 Å². The Kier molecular flexibility index (Phi) is 2.32. The molecule has 0 amide bonds. The molecule has 1 heterocycles. The summed E-state index contributed by atoms with van der Waals surface area (Å²) in [6.45, 7) is 0. The van der Waals surface area contributed by atoms with Crippen molar-refractivity contribution in [3.63, 3.8) is 0 Å². The summed E-state index contributed by atoms with van der Waals surface area (Å²) in [7, 11) is 0. The van der Waals surface area contributed by atoms with Crippen molar-refractivity contribution in [3.05, 3.63) is 52.9 Å². The molecule has 2 rings (SSSR count). The van der Waals surface area contributed by atoms with Crippen LogP contribution in [0.3, 0.4) is 0 Å². The summed E-state index contributed by atoms with van der Waals surface area (Å²) in [4.78, 5) is 0. The maximum Gasteiger partial charge on any atom is 0.0892 e. The third kappa shape index (κ3) is 1.90. The van der Waals surface area contributed by atoms with Crippen molar-refractivity contribution < 1.29 is 0 Å². The Labute approximate surface area is 81.8 Å². The molecule has 0 unspecified atom stereocenters. The maximum absolute atomic E-state index is 5.81. The Morgan fingerprint density at radius 1 is 1.08 bits per heavy atom. The largest absolute Gasteiger partial charge is 0.390 e. The molecule has 0 aliphatic carbocycles. The van der Waals surface area contributed by atoms with Crippen LogP contribution in [0, 0.1) is 0 Å². The van der Waals surface area contributed by atoms with E-state index >= 15 is 0 Å². The molecule has 1 nitrogen and oxygen atoms in total. The second-order valence-electron chi connectivity index (χ2n) is 2.97. The number of rotatable bonds is 2. The van der Waals surface area contributed by atoms with Gasteiger partial charge in [0.05, 0.1) is 5.00 Å². The molecule has 0 bridgehead atoms. The molecule has 0 radical (unpaired) electrons. The SMILES string of the molecule is Nc1sccc1Cc1ccccc1. The van der Waals surface area contributed by atoms with Gasteiger partial charge in [-0.2, -0.15) is 0 Å². The van der Waals surface area contributed by atoms with E-state index in [0.717, 1.165) is 11.4 Å². The van der Waals surface area contributed by atoms with Crippen LogP contribution in [0.4, 0.5) is 5.00 Å². The molecule has 2 heteroatoms. The monoisotopic (exact) mass is 189 g/mol. The van der Waals surface area contributed by atoms with Crippen LogP contribution < -0.4 is 5.73 Å². The van der Waals surface area contributed by atoms with E-state index in [2.05, 4.69) is 30.3 Å². The van der Waals surface area contributed by atoms with Crippen molar-refractivity contribution in [3.8, 4) is 0 Å². The Morgan fingerprint density at radius 2 is 1.85 bits per heavy atom. The molecule has 0 saturated carbocycles. The highest BCUT2D eigenvalue weighted by Crippen LogP contribution is 2.21. The van der Waals surface area contributed by atoms with E-state index in [9.17, 15) is 0 Å². The smallest absolute Gasteiger partial charge is 0.0892 e. The minimum Gasteiger partial charge on any atom is -0.390 e. The normalized spacial score (nSPS) is 10.2. The van der Waals surface area contributed by atoms with Crippen LogP contribution in [0.15, 0.2) is 41.8 Å². The lowest BCUT2D eigenvalue weighted by Gasteiger charge is -1.99. The van der Waals surface area contributed by atoms with Crippen LogP contribution in [-0.2, 0) is 6.42 Å². The van der Waals surface area contributed by atoms with Gasteiger partial charge in [0.2, 0.25) is 0 Å². The maximum atomic E-state index is 5.81. The van der Waals surface area contributed by atoms with E-state index < -0.39 is 0 Å². The van der Waals surface area contributed by atoms with Gasteiger partial charge in [-0.25, -0.2) is 0 Å². The van der Waals surface area contributed by atoms with Gasteiger partial charge in [0.15, 0.2) is 0 Å². The summed E-state index contributed by atoms with van der Waals surface area (Å²) in [6.07, 6.45) is 0.941. The zero-order valence-corrected chi connectivity index (χ0v) is 8.05. The van der Waals surface area contributed by atoms with Crippen molar-refractivity contribution in [2.24, 2.45) is 0 Å². The molecule has 1 aromatic carbocycles. The first kappa shape index (κ1) is 8.32. The number of benzene rings is 1. The molecule has 0 fully saturated rings. The predicted octanol–water partition coefficient (Wildman–Crippen LogP) is 2.92. The third-order valence-corrected chi connectivity index (χ3v) is 2.81. The fourth-order valence-corrected chi connectivity index (χ4v) is 1.98. The molecule has 2 aromatic rings. The lowest BCUT2D eigenvalue weighted by atomic mass is 10.1. The van der Waals surface area contributed by atoms with Crippen LogP contribution in [0.2, 0.25) is 0 Å². The molecule has 0 spiro atoms. The summed E-state index contributed by atoms with van der Waals surface area (Å²) in [6, 6.07) is 12.5. The molecule has 0 atom stereocenters. The average molecular weight is 189 g/mol. The van der Waals surface area contributed by atoms with E-state index in [-0.39, 0.29) is 0 Å². The van der Waals surface area contributed by atoms with Crippen LogP contribution >= 0.6 is 11.3 Å². The zero-order valence-electron chi connectivity index (χ0n) is 7.23. The van der Waals surface area contributed by atoms with Gasteiger partial charge < -0.3 is 5.73 Å². The van der Waals surface area contributed by atoms with Gasteiger partial charge >= 0.3 is 0 Å². The van der Waals surface area contributed by atoms with Crippen LogP contribution in [0.1, 0.15) is 11.1 Å². The van der Waals surface area contributed by atoms with E-state index in [1.807, 2.05) is 11.4 Å². The molecule has 2 N–H and O–H groups in total. The van der Waals surface area contributed by atoms with Gasteiger partial charge in [0.1, 0.15) is 0 Å². The van der Waals surface area contributed by atoms with E-state index in [1.165, 1.54) is 11.1 Å². The van der Waals surface area contributed by atoms with Gasteiger partial charge in [-0.15, -0.1) is 11.3 Å². The van der Waals surface area contributed by atoms with Crippen LogP contribution in [0.5, 0.6) is 0 Å². The van der Waals surface area contributed by atoms with Crippen molar-refractivity contribution in [1.29, 1.82) is 0 Å². The minimum absolute atomic E-state index is 0.934. The second-order valence-corrected chi connectivity index (χ2v) is 3.92. The fraction of sp³-hybridized carbons (Fsp3) is 0.0909. The van der Waals surface area contributed by atoms with E-state index in [4.69, 9.17) is 5.73 Å². The number of nitrogens with two attached hydrogens (primary N) is 1. The molecule has 0 aliphatic rings. The van der Waals surface area contributed by atoms with Crippen molar-refractivity contribution >= 4 is 16.3 Å². The Balaban J connectivity index is 2.20. The Bertz CT molecular complexity index is 378. The predicted molar refractivity (Wildman–Crippen MR) is 58.0 cm³/mol. The topological polar surface area (TPSA) is 26.0 Å². The molecular formula is C11H11NS. The summed E-state index contributed by atoms with van der Waals surface area (Å²) in [5.74, 6) is 0. The molecule has 0 aliphatic heterocycles. The van der Waals surface area contributed by atoms with Crippen molar-refractivity contribution in [1.82, 2.24) is 0 Å². The second kappa shape index (κ2) is 3.62. The van der Waals surface area contributed by atoms with E-state index in [0.29, 0.717) is 0 Å². The van der Waals surface area contributed by atoms with Crippen LogP contribution in [-0.4, -0.2) is 0 Å². The highest BCUT2D eigenvalue weighted by Gasteiger charge is 2.00. The number of hydrogen-bond acceptors (Lipinski definition) is 2. The molecule has 1 aromatic heterocycles. The van der Waals surface area contributed by atoms with Gasteiger partial charge in [-0.3, -0.25) is 0 Å². The summed E-state index contributed by atoms with van der Waals surface area (Å²) < 4.78 is 0. The highest BCUT2D eigenvalue weighted by atomic mass is 32.1. The molecular weight excluding hydrogens is 178 g/mol. The first-order valence-corrected chi connectivity index (χ1v) is 5.10. The van der Waals surface area contributed by atoms with E-state index in [1.54, 1.807) is 11.3 Å². The van der Waals surface area contributed by atoms with Crippen molar-refractivity contribution in [2.45, 2.75) is 6.42 Å². The molecule has 66 valence electrons. The third-order valence-electron chi connectivity index (χ3n) is 2.02. The summed E-state index contributed by atoms with van der Waals surface area (Å²) in [5, 5.41) is 2.97. The average Bonchev–Trinajstić information content (AvgIpc) is 2.54. The Hall–Kier alpha value is -1.28. The minimum atomic E-state index is 0.934. The zero-order chi connectivity index (χ0) is 9.10. The number of nitrogen functional groups attached to an aromatic ring is 1. The fourth-order valence-electron chi connectivity index (χ4n) is 1.31. The highest BCUT2D eigenvalue weighted by molar-refractivity contribution is 7.14. The molecule has 13 heavy (non-hydrogen) atoms. The standard InChI is InChI=1S/C11H11NS/c12-11-10(6-7-13-11)8-9-4-2-1-3-5-9/h1-7H,8,12H2. The first-order valence-electron chi connectivity index (χ1n) is 4.22. The number of anilines is 1. The molecule has 0 saturated heterocycles. The lowest BCUT2D eigenvalue weighted by Crippen LogP contribution is -1.90. The van der Waals surface area contributed by atoms with Gasteiger partial charge in [-0.1, -0.05) is 30.3 Å². The summed E-state index contributed by atoms with van der Waals surface area (Å²) >= 11 is 1.60. The quantitative estimate of drug-likeness (QED) is 0.772. The first-order chi connectivity index (χ1) is 6.36. The summed E-state index contributed by atoms with van der Waals surface area (Å²) in [5.41, 5.74) is 8.35. The lowest BCUT2D eigenvalue weighted by molar-refractivity contribution is 1.21. The number of thiophene rings is 1. The van der Waals surface area contributed by atoms with Crippen molar-refractivity contribution in [2.75, 3.05) is 5.73 Å². The Morgan fingerprint density at radius 3 is 2.46 bits per heavy atom. The number of hydrogen-bond donors (Lipinski definition) is 1. The van der Waals surface area contributed by atoms with Gasteiger partial charge in [0.25, 0.3) is 0 Å². The van der Waals surface area contributed by atoms with Gasteiger partial charge in [0, 0.05) is 6.42 Å².